The summed E-state index contributed by atoms with van der Waals surface area (Å²) in [6.45, 7) is 4.64. The molecule has 0 radical (unpaired) electrons. The smallest absolute Gasteiger partial charge is 0.251 e. The fraction of sp³-hybridized carbons (Fsp3) is 0.222. The lowest BCUT2D eigenvalue weighted by molar-refractivity contribution is 0.0954. The first-order valence-electron chi connectivity index (χ1n) is 7.41. The Bertz CT molecular complexity index is 803. The second-order valence-electron chi connectivity index (χ2n) is 5.57. The van der Waals surface area contributed by atoms with Crippen LogP contribution in [0.2, 0.25) is 0 Å². The zero-order valence-corrected chi connectivity index (χ0v) is 12.8. The highest BCUT2D eigenvalue weighted by Gasteiger charge is 2.06. The van der Waals surface area contributed by atoms with Crippen molar-refractivity contribution in [2.45, 2.75) is 20.3 Å². The molecule has 0 fully saturated rings. The van der Waals surface area contributed by atoms with E-state index < -0.39 is 0 Å². The fourth-order valence-electron chi connectivity index (χ4n) is 2.37. The molecule has 1 amide bonds. The van der Waals surface area contributed by atoms with Crippen LogP contribution >= 0.6 is 0 Å². The Kier molecular flexibility index (Phi) is 3.92. The quantitative estimate of drug-likeness (QED) is 0.804. The number of benzene rings is 1. The van der Waals surface area contributed by atoms with Crippen LogP contribution in [0.15, 0.2) is 48.8 Å². The number of amides is 1. The number of imidazole rings is 1. The molecule has 112 valence electrons. The summed E-state index contributed by atoms with van der Waals surface area (Å²) < 4.78 is 2.00. The summed E-state index contributed by atoms with van der Waals surface area (Å²) in [6, 6.07) is 11.7. The van der Waals surface area contributed by atoms with Gasteiger partial charge in [0.05, 0.1) is 5.69 Å². The number of nitrogens with one attached hydrogen (secondary N) is 1. The maximum absolute atomic E-state index is 12.0. The summed E-state index contributed by atoms with van der Waals surface area (Å²) >= 11 is 0. The average Bonchev–Trinajstić information content (AvgIpc) is 2.89. The molecule has 4 heteroatoms. The number of pyridine rings is 1. The van der Waals surface area contributed by atoms with Gasteiger partial charge in [-0.15, -0.1) is 0 Å². The molecule has 0 bridgehead atoms. The van der Waals surface area contributed by atoms with E-state index in [9.17, 15) is 4.79 Å². The normalized spacial score (nSPS) is 10.8. The molecule has 1 N–H and O–H groups in total. The minimum Gasteiger partial charge on any atom is -0.352 e. The van der Waals surface area contributed by atoms with Gasteiger partial charge in [0.2, 0.25) is 0 Å². The van der Waals surface area contributed by atoms with E-state index in [0.717, 1.165) is 23.3 Å². The lowest BCUT2D eigenvalue weighted by Crippen LogP contribution is -2.25. The van der Waals surface area contributed by atoms with E-state index in [2.05, 4.69) is 23.3 Å². The van der Waals surface area contributed by atoms with E-state index in [1.807, 2.05) is 54.0 Å². The molecule has 3 aromatic rings. The van der Waals surface area contributed by atoms with Crippen molar-refractivity contribution >= 4 is 11.6 Å². The maximum atomic E-state index is 12.0. The number of rotatable bonds is 4. The zero-order chi connectivity index (χ0) is 15.5. The van der Waals surface area contributed by atoms with Crippen molar-refractivity contribution in [2.24, 2.45) is 0 Å². The van der Waals surface area contributed by atoms with Crippen molar-refractivity contribution in [1.82, 2.24) is 14.7 Å². The Balaban J connectivity index is 1.59. The largest absolute Gasteiger partial charge is 0.352 e. The molecule has 0 atom stereocenters. The SMILES string of the molecule is Cc1ccc(C(=O)NCCc2cn3ccc(C)cc3n2)cc1. The van der Waals surface area contributed by atoms with Gasteiger partial charge in [-0.3, -0.25) is 4.79 Å². The van der Waals surface area contributed by atoms with Gasteiger partial charge in [0.1, 0.15) is 5.65 Å². The van der Waals surface area contributed by atoms with Gasteiger partial charge in [0.25, 0.3) is 5.91 Å². The van der Waals surface area contributed by atoms with E-state index >= 15 is 0 Å². The second-order valence-corrected chi connectivity index (χ2v) is 5.57. The highest BCUT2D eigenvalue weighted by atomic mass is 16.1. The second kappa shape index (κ2) is 6.02. The molecule has 3 rings (SSSR count). The van der Waals surface area contributed by atoms with Gasteiger partial charge in [-0.25, -0.2) is 4.98 Å². The summed E-state index contributed by atoms with van der Waals surface area (Å²) in [4.78, 5) is 16.6. The van der Waals surface area contributed by atoms with Crippen LogP contribution in [0.1, 0.15) is 27.2 Å². The summed E-state index contributed by atoms with van der Waals surface area (Å²) in [5, 5.41) is 2.93. The average molecular weight is 293 g/mol. The van der Waals surface area contributed by atoms with Crippen LogP contribution in [-0.2, 0) is 6.42 Å². The van der Waals surface area contributed by atoms with E-state index in [0.29, 0.717) is 12.1 Å². The molecule has 0 saturated heterocycles. The van der Waals surface area contributed by atoms with E-state index in [1.54, 1.807) is 0 Å². The van der Waals surface area contributed by atoms with Crippen molar-refractivity contribution in [3.63, 3.8) is 0 Å². The number of hydrogen-bond donors (Lipinski definition) is 1. The molecule has 2 aromatic heterocycles. The van der Waals surface area contributed by atoms with E-state index in [-0.39, 0.29) is 5.91 Å². The van der Waals surface area contributed by atoms with Crippen LogP contribution in [-0.4, -0.2) is 21.8 Å². The third kappa shape index (κ3) is 3.17. The topological polar surface area (TPSA) is 46.4 Å². The number of aryl methyl sites for hydroxylation is 2. The number of carbonyl (C=O) groups is 1. The third-order valence-electron chi connectivity index (χ3n) is 3.65. The summed E-state index contributed by atoms with van der Waals surface area (Å²) in [7, 11) is 0. The molecule has 0 aliphatic carbocycles. The fourth-order valence-corrected chi connectivity index (χ4v) is 2.37. The van der Waals surface area contributed by atoms with Gasteiger partial charge < -0.3 is 9.72 Å². The zero-order valence-electron chi connectivity index (χ0n) is 12.8. The summed E-state index contributed by atoms with van der Waals surface area (Å²) in [5.74, 6) is -0.0420. The van der Waals surface area contributed by atoms with Crippen molar-refractivity contribution < 1.29 is 4.79 Å². The van der Waals surface area contributed by atoms with Gasteiger partial charge in [0, 0.05) is 30.9 Å². The molecule has 0 aliphatic rings. The van der Waals surface area contributed by atoms with Crippen molar-refractivity contribution in [3.8, 4) is 0 Å². The van der Waals surface area contributed by atoms with Crippen LogP contribution in [0, 0.1) is 13.8 Å². The Morgan fingerprint density at radius 2 is 1.91 bits per heavy atom. The third-order valence-corrected chi connectivity index (χ3v) is 3.65. The number of nitrogens with zero attached hydrogens (tertiary/aromatic N) is 2. The van der Waals surface area contributed by atoms with Gasteiger partial charge in [-0.1, -0.05) is 17.7 Å². The minimum absolute atomic E-state index is 0.0420. The van der Waals surface area contributed by atoms with E-state index in [4.69, 9.17) is 0 Å². The number of carbonyl (C=O) groups excluding carboxylic acids is 1. The lowest BCUT2D eigenvalue weighted by atomic mass is 10.1. The first-order valence-corrected chi connectivity index (χ1v) is 7.41. The summed E-state index contributed by atoms with van der Waals surface area (Å²) in [6.07, 6.45) is 4.73. The van der Waals surface area contributed by atoms with Crippen LogP contribution in [0.25, 0.3) is 5.65 Å². The van der Waals surface area contributed by atoms with Crippen LogP contribution < -0.4 is 5.32 Å². The van der Waals surface area contributed by atoms with Gasteiger partial charge in [0.15, 0.2) is 0 Å². The molecule has 0 spiro atoms. The maximum Gasteiger partial charge on any atom is 0.251 e. The molecule has 0 saturated carbocycles. The minimum atomic E-state index is -0.0420. The van der Waals surface area contributed by atoms with Gasteiger partial charge in [-0.05, 0) is 43.7 Å². The number of aromatic nitrogens is 2. The molecule has 1 aromatic carbocycles. The Labute approximate surface area is 129 Å². The molecular formula is C18H19N3O. The highest BCUT2D eigenvalue weighted by molar-refractivity contribution is 5.94. The molecule has 0 aliphatic heterocycles. The van der Waals surface area contributed by atoms with Gasteiger partial charge >= 0.3 is 0 Å². The monoisotopic (exact) mass is 293 g/mol. The van der Waals surface area contributed by atoms with E-state index in [1.165, 1.54) is 5.56 Å². The van der Waals surface area contributed by atoms with Crippen molar-refractivity contribution in [2.75, 3.05) is 6.54 Å². The molecule has 4 nitrogen and oxygen atoms in total. The van der Waals surface area contributed by atoms with Crippen molar-refractivity contribution in [3.05, 3.63) is 71.2 Å². The molecule has 22 heavy (non-hydrogen) atoms. The van der Waals surface area contributed by atoms with Crippen molar-refractivity contribution in [1.29, 1.82) is 0 Å². The Morgan fingerprint density at radius 3 is 2.68 bits per heavy atom. The summed E-state index contributed by atoms with van der Waals surface area (Å²) in [5.41, 5.74) is 4.96. The standard InChI is InChI=1S/C18H19N3O/c1-13-3-5-15(6-4-13)18(22)19-9-7-16-12-21-10-8-14(2)11-17(21)20-16/h3-6,8,10-12H,7,9H2,1-2H3,(H,19,22). The predicted octanol–water partition coefficient (Wildman–Crippen LogP) is 2.92. The predicted molar refractivity (Wildman–Crippen MR) is 87.1 cm³/mol. The molecule has 0 unspecified atom stereocenters. The van der Waals surface area contributed by atoms with Crippen LogP contribution in [0.5, 0.6) is 0 Å². The first kappa shape index (κ1) is 14.3. The molecular weight excluding hydrogens is 274 g/mol. The lowest BCUT2D eigenvalue weighted by Gasteiger charge is -2.04. The first-order chi connectivity index (χ1) is 10.6. The Morgan fingerprint density at radius 1 is 1.14 bits per heavy atom. The number of fused-ring (bicyclic) bond motifs is 1. The highest BCUT2D eigenvalue weighted by Crippen LogP contribution is 2.08. The molecule has 2 heterocycles. The van der Waals surface area contributed by atoms with Crippen LogP contribution in [0.3, 0.4) is 0 Å². The van der Waals surface area contributed by atoms with Crippen LogP contribution in [0.4, 0.5) is 0 Å². The number of hydrogen-bond acceptors (Lipinski definition) is 2. The Hall–Kier alpha value is -2.62. The van der Waals surface area contributed by atoms with Gasteiger partial charge in [-0.2, -0.15) is 0 Å².